The van der Waals surface area contributed by atoms with Crippen LogP contribution in [0, 0.1) is 12.7 Å². The van der Waals surface area contributed by atoms with Gasteiger partial charge in [-0.2, -0.15) is 0 Å². The lowest BCUT2D eigenvalue weighted by molar-refractivity contribution is 0.410. The second kappa shape index (κ2) is 6.35. The van der Waals surface area contributed by atoms with Crippen molar-refractivity contribution in [3.05, 3.63) is 51.7 Å². The summed E-state index contributed by atoms with van der Waals surface area (Å²) in [6.45, 7) is 3.75. The maximum Gasteiger partial charge on any atom is 0.137 e. The lowest BCUT2D eigenvalue weighted by Crippen LogP contribution is -2.08. The molecule has 0 saturated carbocycles. The molecule has 0 aliphatic heterocycles. The maximum atomic E-state index is 13.5. The van der Waals surface area contributed by atoms with Crippen LogP contribution in [0.3, 0.4) is 0 Å². The molecule has 0 aromatic heterocycles. The van der Waals surface area contributed by atoms with E-state index in [2.05, 4.69) is 21.2 Å². The molecule has 0 radical (unpaired) electrons. The van der Waals surface area contributed by atoms with Crippen molar-refractivity contribution in [2.45, 2.75) is 19.9 Å². The van der Waals surface area contributed by atoms with Gasteiger partial charge in [-0.1, -0.05) is 0 Å². The highest BCUT2D eigenvalue weighted by atomic mass is 79.9. The molecule has 0 fully saturated rings. The van der Waals surface area contributed by atoms with Gasteiger partial charge < -0.3 is 15.2 Å². The SMILES string of the molecule is COc1ccc(O)c(C(C)Nc2cc(Br)c(F)cc2C)c1. The van der Waals surface area contributed by atoms with E-state index in [1.807, 2.05) is 13.8 Å². The van der Waals surface area contributed by atoms with Crippen molar-refractivity contribution in [1.82, 2.24) is 0 Å². The molecule has 3 nitrogen and oxygen atoms in total. The number of anilines is 1. The molecular weight excluding hydrogens is 337 g/mol. The van der Waals surface area contributed by atoms with E-state index in [0.717, 1.165) is 11.3 Å². The van der Waals surface area contributed by atoms with Crippen molar-refractivity contribution in [2.24, 2.45) is 0 Å². The molecule has 2 aromatic rings. The number of aryl methyl sites for hydroxylation is 1. The Hall–Kier alpha value is -1.75. The van der Waals surface area contributed by atoms with E-state index in [0.29, 0.717) is 15.8 Å². The Morgan fingerprint density at radius 3 is 2.67 bits per heavy atom. The molecule has 2 rings (SSSR count). The summed E-state index contributed by atoms with van der Waals surface area (Å²) >= 11 is 3.18. The molecule has 2 N–H and O–H groups in total. The number of hydrogen-bond acceptors (Lipinski definition) is 3. The van der Waals surface area contributed by atoms with Gasteiger partial charge in [0.15, 0.2) is 0 Å². The highest BCUT2D eigenvalue weighted by Gasteiger charge is 2.14. The van der Waals surface area contributed by atoms with Crippen LogP contribution in [0.2, 0.25) is 0 Å². The Labute approximate surface area is 131 Å². The van der Waals surface area contributed by atoms with Gasteiger partial charge in [0.05, 0.1) is 17.6 Å². The lowest BCUT2D eigenvalue weighted by atomic mass is 10.1. The number of ether oxygens (including phenoxy) is 1. The predicted molar refractivity (Wildman–Crippen MR) is 85.5 cm³/mol. The molecular formula is C16H17BrFNO2. The molecule has 0 amide bonds. The quantitative estimate of drug-likeness (QED) is 0.830. The Bertz CT molecular complexity index is 661. The summed E-state index contributed by atoms with van der Waals surface area (Å²) in [6.07, 6.45) is 0. The van der Waals surface area contributed by atoms with E-state index < -0.39 is 0 Å². The minimum Gasteiger partial charge on any atom is -0.508 e. The van der Waals surface area contributed by atoms with Crippen LogP contribution in [0.1, 0.15) is 24.1 Å². The van der Waals surface area contributed by atoms with Crippen LogP contribution in [0.25, 0.3) is 0 Å². The first kappa shape index (κ1) is 15.6. The number of phenolic OH excluding ortho intramolecular Hbond substituents is 1. The van der Waals surface area contributed by atoms with Crippen molar-refractivity contribution in [3.8, 4) is 11.5 Å². The number of benzene rings is 2. The second-order valence-electron chi connectivity index (χ2n) is 4.87. The fraction of sp³-hybridized carbons (Fsp3) is 0.250. The maximum absolute atomic E-state index is 13.5. The molecule has 0 spiro atoms. The molecule has 5 heteroatoms. The molecule has 112 valence electrons. The summed E-state index contributed by atoms with van der Waals surface area (Å²) < 4.78 is 19.0. The number of phenols is 1. The summed E-state index contributed by atoms with van der Waals surface area (Å²) in [5.74, 6) is 0.568. The molecule has 1 unspecified atom stereocenters. The van der Waals surface area contributed by atoms with Crippen molar-refractivity contribution in [3.63, 3.8) is 0 Å². The largest absolute Gasteiger partial charge is 0.508 e. The third-order valence-corrected chi connectivity index (χ3v) is 3.95. The Kier molecular flexibility index (Phi) is 4.73. The zero-order chi connectivity index (χ0) is 15.6. The van der Waals surface area contributed by atoms with E-state index in [1.54, 1.807) is 31.4 Å². The van der Waals surface area contributed by atoms with Crippen LogP contribution in [0.4, 0.5) is 10.1 Å². The van der Waals surface area contributed by atoms with Gasteiger partial charge in [-0.25, -0.2) is 4.39 Å². The van der Waals surface area contributed by atoms with Crippen LogP contribution >= 0.6 is 15.9 Å². The van der Waals surface area contributed by atoms with Crippen LogP contribution < -0.4 is 10.1 Å². The van der Waals surface area contributed by atoms with E-state index >= 15 is 0 Å². The van der Waals surface area contributed by atoms with Gasteiger partial charge in [0, 0.05) is 11.3 Å². The Morgan fingerprint density at radius 1 is 1.29 bits per heavy atom. The zero-order valence-electron chi connectivity index (χ0n) is 12.1. The van der Waals surface area contributed by atoms with Gasteiger partial charge in [0.25, 0.3) is 0 Å². The molecule has 0 bridgehead atoms. The van der Waals surface area contributed by atoms with Gasteiger partial charge in [0.1, 0.15) is 17.3 Å². The van der Waals surface area contributed by atoms with Gasteiger partial charge >= 0.3 is 0 Å². The Balaban J connectivity index is 2.30. The monoisotopic (exact) mass is 353 g/mol. The van der Waals surface area contributed by atoms with Crippen molar-refractivity contribution in [2.75, 3.05) is 12.4 Å². The highest BCUT2D eigenvalue weighted by Crippen LogP contribution is 2.32. The van der Waals surface area contributed by atoms with E-state index in [1.165, 1.54) is 6.07 Å². The molecule has 0 aliphatic rings. The Morgan fingerprint density at radius 2 is 2.00 bits per heavy atom. The molecule has 0 aliphatic carbocycles. The number of halogens is 2. The third-order valence-electron chi connectivity index (χ3n) is 3.34. The topological polar surface area (TPSA) is 41.5 Å². The van der Waals surface area contributed by atoms with Gasteiger partial charge in [-0.15, -0.1) is 0 Å². The average molecular weight is 354 g/mol. The first-order chi connectivity index (χ1) is 9.92. The van der Waals surface area contributed by atoms with Crippen molar-refractivity contribution >= 4 is 21.6 Å². The smallest absolute Gasteiger partial charge is 0.137 e. The number of hydrogen-bond donors (Lipinski definition) is 2. The summed E-state index contributed by atoms with van der Waals surface area (Å²) in [6, 6.07) is 8.07. The first-order valence-electron chi connectivity index (χ1n) is 6.51. The minimum atomic E-state index is -0.296. The molecule has 0 saturated heterocycles. The van der Waals surface area contributed by atoms with Gasteiger partial charge in [-0.3, -0.25) is 0 Å². The van der Waals surface area contributed by atoms with Crippen molar-refractivity contribution in [1.29, 1.82) is 0 Å². The fourth-order valence-electron chi connectivity index (χ4n) is 2.12. The van der Waals surface area contributed by atoms with Crippen molar-refractivity contribution < 1.29 is 14.2 Å². The predicted octanol–water partition coefficient (Wildman–Crippen LogP) is 4.78. The van der Waals surface area contributed by atoms with Crippen LogP contribution in [-0.2, 0) is 0 Å². The molecule has 1 atom stereocenters. The van der Waals surface area contributed by atoms with Gasteiger partial charge in [-0.05, 0) is 65.7 Å². The van der Waals surface area contributed by atoms with Gasteiger partial charge in [0.2, 0.25) is 0 Å². The normalized spacial score (nSPS) is 12.0. The summed E-state index contributed by atoms with van der Waals surface area (Å²) in [4.78, 5) is 0. The van der Waals surface area contributed by atoms with Crippen LogP contribution in [0.5, 0.6) is 11.5 Å². The first-order valence-corrected chi connectivity index (χ1v) is 7.30. The summed E-state index contributed by atoms with van der Waals surface area (Å²) in [7, 11) is 1.58. The number of rotatable bonds is 4. The molecule has 0 heterocycles. The van der Waals surface area contributed by atoms with E-state index in [4.69, 9.17) is 4.74 Å². The molecule has 21 heavy (non-hydrogen) atoms. The average Bonchev–Trinajstić information content (AvgIpc) is 2.45. The van der Waals surface area contributed by atoms with Crippen LogP contribution in [-0.4, -0.2) is 12.2 Å². The number of nitrogens with one attached hydrogen (secondary N) is 1. The zero-order valence-corrected chi connectivity index (χ0v) is 13.7. The second-order valence-corrected chi connectivity index (χ2v) is 5.73. The van der Waals surface area contributed by atoms with E-state index in [9.17, 15) is 9.50 Å². The van der Waals surface area contributed by atoms with E-state index in [-0.39, 0.29) is 17.6 Å². The van der Waals surface area contributed by atoms with Crippen LogP contribution in [0.15, 0.2) is 34.8 Å². The summed E-state index contributed by atoms with van der Waals surface area (Å²) in [5, 5.41) is 13.3. The number of aromatic hydroxyl groups is 1. The number of methoxy groups -OCH3 is 1. The summed E-state index contributed by atoms with van der Waals surface area (Å²) in [5.41, 5.74) is 2.32. The lowest BCUT2D eigenvalue weighted by Gasteiger charge is -2.19. The third kappa shape index (κ3) is 3.47. The standard InChI is InChI=1S/C16H17BrFNO2/c1-9-6-14(18)13(17)8-15(9)19-10(2)12-7-11(21-3)4-5-16(12)20/h4-8,10,19-20H,1-3H3. The minimum absolute atomic E-state index is 0.156. The molecule has 2 aromatic carbocycles. The fourth-order valence-corrected chi connectivity index (χ4v) is 2.46. The highest BCUT2D eigenvalue weighted by molar-refractivity contribution is 9.10.